The highest BCUT2D eigenvalue weighted by molar-refractivity contribution is 7.17. The Morgan fingerprint density at radius 2 is 0.713 bits per heavy atom. The van der Waals surface area contributed by atoms with Crippen molar-refractivity contribution < 1.29 is 9.59 Å². The Hall–Kier alpha value is -10.4. The molecule has 2 atom stereocenters. The van der Waals surface area contributed by atoms with E-state index in [1.165, 1.54) is 0 Å². The maximum Gasteiger partial charge on any atom is 0.261 e. The first-order valence-electron chi connectivity index (χ1n) is 33.0. The summed E-state index contributed by atoms with van der Waals surface area (Å²) in [5, 5.41) is 21.1. The third-order valence-corrected chi connectivity index (χ3v) is 20.3. The van der Waals surface area contributed by atoms with E-state index >= 15 is 9.59 Å². The van der Waals surface area contributed by atoms with E-state index in [1.807, 2.05) is 119 Å². The number of nitriles is 2. The van der Waals surface area contributed by atoms with E-state index in [1.54, 1.807) is 22.7 Å². The van der Waals surface area contributed by atoms with Crippen LogP contribution in [0.3, 0.4) is 0 Å². The van der Waals surface area contributed by atoms with Crippen molar-refractivity contribution in [2.24, 2.45) is 11.8 Å². The van der Waals surface area contributed by atoms with Crippen LogP contribution in [0.15, 0.2) is 254 Å². The highest BCUT2D eigenvalue weighted by Gasteiger charge is 2.50. The molecule has 10 aromatic rings. The lowest BCUT2D eigenvalue weighted by Crippen LogP contribution is -2.34. The molecule has 2 unspecified atom stereocenters. The Bertz CT molecular complexity index is 4110. The van der Waals surface area contributed by atoms with Crippen LogP contribution in [0.5, 0.6) is 0 Å². The third-order valence-electron chi connectivity index (χ3n) is 18.0. The fraction of sp³-hybridized carbons (Fsp3) is 0.190. The maximum absolute atomic E-state index is 15.7. The fourth-order valence-electron chi connectivity index (χ4n) is 12.8. The SMILES string of the molecule is CCCCC(CC)CN1C(=O)C2=C(c3ccc(-c4ccc(/C(C#N)=C/c5ccc(N(c6ccccc6)c6ccccc6)cc5)cc4)s3)N(CC(CC)CCCC)C(=O)C2=C1c1ccc(-c2ccc(/C(C#N)=C/c3ccc(N(c4ccccc4)c4ccccc4)cc3)cc2)s1. The monoisotopic (exact) mass is 1260 g/mol. The van der Waals surface area contributed by atoms with Gasteiger partial charge in [0, 0.05) is 57.0 Å². The molecule has 2 aliphatic rings. The van der Waals surface area contributed by atoms with E-state index in [0.717, 1.165) is 138 Å². The molecule has 0 bridgehead atoms. The summed E-state index contributed by atoms with van der Waals surface area (Å²) < 4.78 is 0. The van der Waals surface area contributed by atoms with Crippen LogP contribution in [0.1, 0.15) is 111 Å². The topological polar surface area (TPSA) is 94.7 Å². The molecule has 10 heteroatoms. The van der Waals surface area contributed by atoms with Gasteiger partial charge in [-0.25, -0.2) is 0 Å². The summed E-state index contributed by atoms with van der Waals surface area (Å²) in [6, 6.07) is 87.3. The molecule has 0 spiro atoms. The fourth-order valence-corrected chi connectivity index (χ4v) is 15.0. The van der Waals surface area contributed by atoms with Crippen LogP contribution in [-0.2, 0) is 9.59 Å². The van der Waals surface area contributed by atoms with Gasteiger partial charge in [0.2, 0.25) is 0 Å². The van der Waals surface area contributed by atoms with Gasteiger partial charge in [-0.1, -0.05) is 212 Å². The van der Waals surface area contributed by atoms with Crippen LogP contribution in [0.25, 0.3) is 55.6 Å². The van der Waals surface area contributed by atoms with Gasteiger partial charge in [0.05, 0.1) is 55.6 Å². The number of nitrogens with zero attached hydrogens (tertiary/aromatic N) is 6. The van der Waals surface area contributed by atoms with Crippen LogP contribution in [0.4, 0.5) is 34.1 Å². The van der Waals surface area contributed by atoms with Gasteiger partial charge in [0.15, 0.2) is 0 Å². The molecular weight excluding hydrogens is 1190 g/mol. The summed E-state index contributed by atoms with van der Waals surface area (Å²) in [5.74, 6) is 0.274. The average Bonchev–Trinajstić information content (AvgIpc) is 1.55. The van der Waals surface area contributed by atoms with Crippen molar-refractivity contribution in [2.45, 2.75) is 79.1 Å². The number of benzene rings is 8. The minimum atomic E-state index is -0.114. The number of fused-ring (bicyclic) bond motifs is 1. The predicted molar refractivity (Wildman–Crippen MR) is 393 cm³/mol. The van der Waals surface area contributed by atoms with Crippen molar-refractivity contribution in [2.75, 3.05) is 22.9 Å². The lowest BCUT2D eigenvalue weighted by atomic mass is 9.98. The normalized spacial score (nSPS) is 13.9. The average molecular weight is 1270 g/mol. The van der Waals surface area contributed by atoms with Crippen molar-refractivity contribution in [3.63, 3.8) is 0 Å². The van der Waals surface area contributed by atoms with E-state index in [-0.39, 0.29) is 23.7 Å². The smallest absolute Gasteiger partial charge is 0.261 e. The van der Waals surface area contributed by atoms with Gasteiger partial charge in [0.1, 0.15) is 0 Å². The van der Waals surface area contributed by atoms with Crippen LogP contribution in [0.2, 0.25) is 0 Å². The molecule has 4 heterocycles. The van der Waals surface area contributed by atoms with Crippen molar-refractivity contribution in [1.82, 2.24) is 9.80 Å². The highest BCUT2D eigenvalue weighted by atomic mass is 32.1. The molecule has 0 fully saturated rings. The minimum Gasteiger partial charge on any atom is -0.311 e. The van der Waals surface area contributed by atoms with Gasteiger partial charge in [-0.15, -0.1) is 22.7 Å². The molecular formula is C84H76N6O2S2. The standard InChI is InChI=1S/C84H76N6O2S2/c1-5-9-23-59(7-3)57-87-81(77-51-49-75(93-77)65-41-37-63(38-42-65)67(55-85)53-61-33-45-73(46-34-61)89(69-25-15-11-16-26-69)70-27-17-12-18-28-70)79-80(83(87)91)82(88(84(79)92)58-60(8-4)24-10-6-2)78-52-50-76(94-78)66-43-39-64(40-44-66)68(56-86)54-62-35-47-74(48-36-62)90(71-29-19-13-20-30-71)72-31-21-14-22-32-72/h11-22,25-54,59-60H,5-10,23-24,57-58H2,1-4H3/b67-53+,68-54+. The summed E-state index contributed by atoms with van der Waals surface area (Å²) in [4.78, 5) is 43.5. The lowest BCUT2D eigenvalue weighted by molar-refractivity contribution is -0.124. The number of rotatable bonds is 26. The highest BCUT2D eigenvalue weighted by Crippen LogP contribution is 2.51. The summed E-state index contributed by atoms with van der Waals surface area (Å²) in [6.07, 6.45) is 11.9. The van der Waals surface area contributed by atoms with Gasteiger partial charge in [-0.3, -0.25) is 9.59 Å². The van der Waals surface area contributed by atoms with Crippen molar-refractivity contribution in [3.8, 4) is 33.0 Å². The summed E-state index contributed by atoms with van der Waals surface area (Å²) in [6.45, 7) is 9.87. The maximum atomic E-state index is 15.7. The number of amides is 2. The molecule has 0 saturated carbocycles. The molecule has 0 aliphatic carbocycles. The van der Waals surface area contributed by atoms with Crippen molar-refractivity contribution in [1.29, 1.82) is 10.5 Å². The van der Waals surface area contributed by atoms with Crippen LogP contribution >= 0.6 is 22.7 Å². The number of anilines is 6. The second kappa shape index (κ2) is 29.9. The molecule has 2 amide bonds. The minimum absolute atomic E-state index is 0.114. The number of para-hydroxylation sites is 4. The van der Waals surface area contributed by atoms with Gasteiger partial charge >= 0.3 is 0 Å². The van der Waals surface area contributed by atoms with Crippen molar-refractivity contribution >= 4 is 103 Å². The zero-order valence-corrected chi connectivity index (χ0v) is 55.4. The number of unbranched alkanes of at least 4 members (excludes halogenated alkanes) is 2. The van der Waals surface area contributed by atoms with E-state index in [2.05, 4.69) is 195 Å². The van der Waals surface area contributed by atoms with E-state index in [0.29, 0.717) is 46.8 Å². The van der Waals surface area contributed by atoms with Gasteiger partial charge in [-0.2, -0.15) is 10.5 Å². The summed E-state index contributed by atoms with van der Waals surface area (Å²) >= 11 is 3.19. The predicted octanol–water partition coefficient (Wildman–Crippen LogP) is 22.5. The first kappa shape index (κ1) is 63.8. The zero-order chi connectivity index (χ0) is 64.9. The van der Waals surface area contributed by atoms with E-state index in [4.69, 9.17) is 0 Å². The Labute approximate surface area is 562 Å². The number of thiophene rings is 2. The molecule has 8 nitrogen and oxygen atoms in total. The van der Waals surface area contributed by atoms with Crippen LogP contribution in [0, 0.1) is 34.5 Å². The zero-order valence-electron chi connectivity index (χ0n) is 53.8. The molecule has 8 aromatic carbocycles. The number of carbonyl (C=O) groups excluding carboxylic acids is 2. The second-order valence-electron chi connectivity index (χ2n) is 24.1. The largest absolute Gasteiger partial charge is 0.311 e. The number of carbonyl (C=O) groups is 2. The first-order valence-corrected chi connectivity index (χ1v) is 34.6. The Balaban J connectivity index is 0.844. The molecule has 466 valence electrons. The molecule has 94 heavy (non-hydrogen) atoms. The van der Waals surface area contributed by atoms with E-state index in [9.17, 15) is 10.5 Å². The van der Waals surface area contributed by atoms with Crippen LogP contribution in [-0.4, -0.2) is 34.7 Å². The Morgan fingerprint density at radius 3 is 1.01 bits per heavy atom. The van der Waals surface area contributed by atoms with Crippen molar-refractivity contribution in [3.05, 3.63) is 286 Å². The lowest BCUT2D eigenvalue weighted by Gasteiger charge is -2.29. The first-order chi connectivity index (χ1) is 46.2. The molecule has 12 rings (SSSR count). The van der Waals surface area contributed by atoms with Crippen LogP contribution < -0.4 is 9.80 Å². The summed E-state index contributed by atoms with van der Waals surface area (Å²) in [7, 11) is 0. The molecule has 2 aromatic heterocycles. The van der Waals surface area contributed by atoms with E-state index < -0.39 is 0 Å². The van der Waals surface area contributed by atoms with Gasteiger partial charge < -0.3 is 19.6 Å². The van der Waals surface area contributed by atoms with Gasteiger partial charge in [0.25, 0.3) is 11.8 Å². The number of hydrogen-bond acceptors (Lipinski definition) is 8. The molecule has 0 radical (unpaired) electrons. The molecule has 2 aliphatic heterocycles. The Morgan fingerprint density at radius 1 is 0.404 bits per heavy atom. The molecule has 0 N–H and O–H groups in total. The second-order valence-corrected chi connectivity index (χ2v) is 26.3. The third kappa shape index (κ3) is 13.9. The summed E-state index contributed by atoms with van der Waals surface area (Å²) in [5.41, 5.74) is 15.2. The number of allylic oxidation sites excluding steroid dienone is 2. The van der Waals surface area contributed by atoms with Gasteiger partial charge in [-0.05, 0) is 167 Å². The molecule has 0 saturated heterocycles. The number of hydrogen-bond donors (Lipinski definition) is 0. The quantitative estimate of drug-likeness (QED) is 0.0396. The Kier molecular flexibility index (Phi) is 20.3.